The molecule has 0 fully saturated rings. The van der Waals surface area contributed by atoms with Crippen LogP contribution in [0.4, 0.5) is 0 Å². The topological polar surface area (TPSA) is 55.5 Å². The van der Waals surface area contributed by atoms with Gasteiger partial charge in [0.2, 0.25) is 0 Å². The van der Waals surface area contributed by atoms with E-state index in [1.54, 1.807) is 7.05 Å². The van der Waals surface area contributed by atoms with E-state index in [2.05, 4.69) is 11.9 Å². The summed E-state index contributed by atoms with van der Waals surface area (Å²) in [5.74, 6) is 0.976. The summed E-state index contributed by atoms with van der Waals surface area (Å²) >= 11 is 0. The van der Waals surface area contributed by atoms with Gasteiger partial charge in [-0.2, -0.15) is 0 Å². The van der Waals surface area contributed by atoms with E-state index in [0.717, 1.165) is 25.5 Å². The largest absolute Gasteiger partial charge is 0.387 e. The highest BCUT2D eigenvalue weighted by Crippen LogP contribution is 2.12. The molecule has 0 aromatic rings. The van der Waals surface area contributed by atoms with Crippen molar-refractivity contribution >= 4 is 12.1 Å². The molecular weight excluding hydrogens is 152 g/mol. The Balaban J connectivity index is 3.93. The molecule has 0 rings (SSSR count). The first-order chi connectivity index (χ1) is 5.76. The van der Waals surface area contributed by atoms with Crippen LogP contribution in [-0.4, -0.2) is 19.2 Å². The molecule has 0 radical (unpaired) electrons. The first-order valence-corrected chi connectivity index (χ1v) is 4.42. The van der Waals surface area contributed by atoms with Gasteiger partial charge in [0.15, 0.2) is 0 Å². The SMILES string of the molecule is CCCC(CCC=O)C(N)=NC. The number of carbonyl (C=O) groups excluding carboxylic acids is 1. The molecule has 0 amide bonds. The Morgan fingerprint density at radius 2 is 2.25 bits per heavy atom. The van der Waals surface area contributed by atoms with Gasteiger partial charge >= 0.3 is 0 Å². The lowest BCUT2D eigenvalue weighted by Gasteiger charge is -2.13. The lowest BCUT2D eigenvalue weighted by atomic mass is 9.97. The summed E-state index contributed by atoms with van der Waals surface area (Å²) in [6.07, 6.45) is 4.46. The number of rotatable bonds is 6. The van der Waals surface area contributed by atoms with Crippen LogP contribution < -0.4 is 5.73 Å². The molecule has 1 atom stereocenters. The molecule has 0 heterocycles. The molecule has 1 unspecified atom stereocenters. The van der Waals surface area contributed by atoms with E-state index in [-0.39, 0.29) is 0 Å². The van der Waals surface area contributed by atoms with Gasteiger partial charge in [0.05, 0.1) is 5.84 Å². The number of amidine groups is 1. The van der Waals surface area contributed by atoms with Crippen LogP contribution in [0, 0.1) is 5.92 Å². The molecule has 12 heavy (non-hydrogen) atoms. The molecule has 0 aliphatic rings. The summed E-state index contributed by atoms with van der Waals surface area (Å²) in [5, 5.41) is 0. The number of hydrogen-bond acceptors (Lipinski definition) is 2. The van der Waals surface area contributed by atoms with Gasteiger partial charge in [-0.15, -0.1) is 0 Å². The van der Waals surface area contributed by atoms with Crippen molar-refractivity contribution in [1.82, 2.24) is 0 Å². The zero-order valence-corrected chi connectivity index (χ0v) is 7.92. The van der Waals surface area contributed by atoms with Gasteiger partial charge in [-0.3, -0.25) is 4.99 Å². The van der Waals surface area contributed by atoms with Crippen molar-refractivity contribution in [3.63, 3.8) is 0 Å². The van der Waals surface area contributed by atoms with Crippen molar-refractivity contribution in [3.05, 3.63) is 0 Å². The van der Waals surface area contributed by atoms with Crippen molar-refractivity contribution in [2.24, 2.45) is 16.6 Å². The number of nitrogens with two attached hydrogens (primary N) is 1. The number of aldehydes is 1. The van der Waals surface area contributed by atoms with Crippen molar-refractivity contribution < 1.29 is 4.79 Å². The van der Waals surface area contributed by atoms with Gasteiger partial charge in [0, 0.05) is 19.4 Å². The van der Waals surface area contributed by atoms with Crippen LogP contribution >= 0.6 is 0 Å². The van der Waals surface area contributed by atoms with Gasteiger partial charge in [-0.05, 0) is 12.8 Å². The summed E-state index contributed by atoms with van der Waals surface area (Å²) in [6, 6.07) is 0. The fourth-order valence-electron chi connectivity index (χ4n) is 1.24. The first kappa shape index (κ1) is 11.1. The highest BCUT2D eigenvalue weighted by molar-refractivity contribution is 5.82. The van der Waals surface area contributed by atoms with Crippen LogP contribution in [0.2, 0.25) is 0 Å². The summed E-state index contributed by atoms with van der Waals surface area (Å²) in [5.41, 5.74) is 5.68. The second-order valence-corrected chi connectivity index (χ2v) is 2.88. The molecule has 0 aliphatic carbocycles. The average Bonchev–Trinajstić information content (AvgIpc) is 2.11. The Bertz CT molecular complexity index is 155. The van der Waals surface area contributed by atoms with E-state index in [0.29, 0.717) is 18.2 Å². The molecule has 2 N–H and O–H groups in total. The normalized spacial score (nSPS) is 14.3. The van der Waals surface area contributed by atoms with Gasteiger partial charge in [0.25, 0.3) is 0 Å². The van der Waals surface area contributed by atoms with E-state index in [1.165, 1.54) is 0 Å². The van der Waals surface area contributed by atoms with Crippen LogP contribution in [0.25, 0.3) is 0 Å². The molecule has 3 heteroatoms. The summed E-state index contributed by atoms with van der Waals surface area (Å²) in [4.78, 5) is 14.1. The quantitative estimate of drug-likeness (QED) is 0.372. The monoisotopic (exact) mass is 170 g/mol. The van der Waals surface area contributed by atoms with E-state index >= 15 is 0 Å². The smallest absolute Gasteiger partial charge is 0.120 e. The Morgan fingerprint density at radius 3 is 2.67 bits per heavy atom. The minimum absolute atomic E-state index is 0.296. The Labute approximate surface area is 74.1 Å². The van der Waals surface area contributed by atoms with E-state index in [9.17, 15) is 4.79 Å². The summed E-state index contributed by atoms with van der Waals surface area (Å²) < 4.78 is 0. The lowest BCUT2D eigenvalue weighted by Crippen LogP contribution is -2.23. The number of nitrogens with zero attached hydrogens (tertiary/aromatic N) is 1. The highest BCUT2D eigenvalue weighted by atomic mass is 16.1. The highest BCUT2D eigenvalue weighted by Gasteiger charge is 2.10. The Morgan fingerprint density at radius 1 is 1.58 bits per heavy atom. The van der Waals surface area contributed by atoms with Gasteiger partial charge in [-0.1, -0.05) is 13.3 Å². The van der Waals surface area contributed by atoms with E-state index < -0.39 is 0 Å². The second-order valence-electron chi connectivity index (χ2n) is 2.88. The minimum Gasteiger partial charge on any atom is -0.387 e. The lowest BCUT2D eigenvalue weighted by molar-refractivity contribution is -0.108. The maximum absolute atomic E-state index is 10.1. The molecule has 70 valence electrons. The van der Waals surface area contributed by atoms with Crippen LogP contribution in [0.3, 0.4) is 0 Å². The third kappa shape index (κ3) is 4.11. The molecule has 0 aromatic heterocycles. The predicted octanol–water partition coefficient (Wildman–Crippen LogP) is 1.37. The fraction of sp³-hybridized carbons (Fsp3) is 0.778. The van der Waals surface area contributed by atoms with E-state index in [4.69, 9.17) is 5.73 Å². The molecule has 0 aromatic carbocycles. The maximum Gasteiger partial charge on any atom is 0.120 e. The Kier molecular flexibility index (Phi) is 6.34. The summed E-state index contributed by atoms with van der Waals surface area (Å²) in [7, 11) is 1.69. The number of carbonyl (C=O) groups is 1. The fourth-order valence-corrected chi connectivity index (χ4v) is 1.24. The zero-order valence-electron chi connectivity index (χ0n) is 7.92. The average molecular weight is 170 g/mol. The molecule has 0 aliphatic heterocycles. The first-order valence-electron chi connectivity index (χ1n) is 4.42. The van der Waals surface area contributed by atoms with Crippen LogP contribution in [0.15, 0.2) is 4.99 Å². The van der Waals surface area contributed by atoms with Crippen LogP contribution in [0.5, 0.6) is 0 Å². The number of hydrogen-bond donors (Lipinski definition) is 1. The van der Waals surface area contributed by atoms with Crippen molar-refractivity contribution in [1.29, 1.82) is 0 Å². The molecule has 0 spiro atoms. The molecule has 0 saturated heterocycles. The Hall–Kier alpha value is -0.860. The number of aliphatic imine (C=N–C) groups is 1. The maximum atomic E-state index is 10.1. The van der Waals surface area contributed by atoms with Crippen LogP contribution in [0.1, 0.15) is 32.6 Å². The standard InChI is InChI=1S/C9H18N2O/c1-3-5-8(6-4-7-12)9(10)11-2/h7-8H,3-6H2,1-2H3,(H2,10,11). The minimum atomic E-state index is 0.296. The molecule has 0 saturated carbocycles. The van der Waals surface area contributed by atoms with Gasteiger partial charge in [0.1, 0.15) is 6.29 Å². The van der Waals surface area contributed by atoms with Gasteiger partial charge in [-0.25, -0.2) is 0 Å². The summed E-state index contributed by atoms with van der Waals surface area (Å²) in [6.45, 7) is 2.11. The molecule has 3 nitrogen and oxygen atoms in total. The third-order valence-corrected chi connectivity index (χ3v) is 1.95. The van der Waals surface area contributed by atoms with Gasteiger partial charge < -0.3 is 10.5 Å². The molecule has 0 bridgehead atoms. The van der Waals surface area contributed by atoms with Crippen molar-refractivity contribution in [2.75, 3.05) is 7.05 Å². The molecular formula is C9H18N2O. The van der Waals surface area contributed by atoms with Crippen molar-refractivity contribution in [2.45, 2.75) is 32.6 Å². The second kappa shape index (κ2) is 6.83. The van der Waals surface area contributed by atoms with E-state index in [1.807, 2.05) is 0 Å². The van der Waals surface area contributed by atoms with Crippen LogP contribution in [-0.2, 0) is 4.79 Å². The third-order valence-electron chi connectivity index (χ3n) is 1.95. The van der Waals surface area contributed by atoms with Crippen molar-refractivity contribution in [3.8, 4) is 0 Å². The predicted molar refractivity (Wildman–Crippen MR) is 51.2 cm³/mol. The zero-order chi connectivity index (χ0) is 9.40.